The van der Waals surface area contributed by atoms with Crippen molar-refractivity contribution in [3.05, 3.63) is 23.4 Å². The van der Waals surface area contributed by atoms with Gasteiger partial charge in [-0.15, -0.1) is 0 Å². The molecule has 1 saturated heterocycles. The monoisotopic (exact) mass is 235 g/mol. The van der Waals surface area contributed by atoms with Crippen molar-refractivity contribution < 1.29 is 4.74 Å². The van der Waals surface area contributed by atoms with Gasteiger partial charge in [0.1, 0.15) is 5.82 Å². The van der Waals surface area contributed by atoms with Crippen LogP contribution in [0.5, 0.6) is 0 Å². The predicted octanol–water partition coefficient (Wildman–Crippen LogP) is 1.64. The lowest BCUT2D eigenvalue weighted by atomic mass is 10.0. The number of aryl methyl sites for hydroxylation is 1. The van der Waals surface area contributed by atoms with Crippen LogP contribution in [-0.2, 0) is 4.74 Å². The first-order valence-corrected chi connectivity index (χ1v) is 6.28. The van der Waals surface area contributed by atoms with Gasteiger partial charge in [-0.25, -0.2) is 4.98 Å². The number of nitrogens with zero attached hydrogens (tertiary/aromatic N) is 2. The van der Waals surface area contributed by atoms with Crippen molar-refractivity contribution in [3.63, 3.8) is 0 Å². The molecule has 0 unspecified atom stereocenters. The second-order valence-electron chi connectivity index (χ2n) is 4.46. The van der Waals surface area contributed by atoms with E-state index in [1.807, 2.05) is 6.92 Å². The van der Waals surface area contributed by atoms with Crippen LogP contribution in [0.15, 0.2) is 12.1 Å². The van der Waals surface area contributed by atoms with Crippen molar-refractivity contribution >= 4 is 5.82 Å². The average Bonchev–Trinajstić information content (AvgIpc) is 2.39. The minimum atomic E-state index is 0.0984. The molecule has 4 heteroatoms. The largest absolute Gasteiger partial charge is 0.378 e. The Kier molecular flexibility index (Phi) is 3.97. The first-order chi connectivity index (χ1) is 8.22. The molecule has 0 spiro atoms. The zero-order valence-electron chi connectivity index (χ0n) is 10.6. The van der Waals surface area contributed by atoms with Crippen LogP contribution >= 0.6 is 0 Å². The summed E-state index contributed by atoms with van der Waals surface area (Å²) >= 11 is 0. The van der Waals surface area contributed by atoms with E-state index in [9.17, 15) is 0 Å². The van der Waals surface area contributed by atoms with Gasteiger partial charge in [-0.2, -0.15) is 0 Å². The number of hydrogen-bond donors (Lipinski definition) is 1. The predicted molar refractivity (Wildman–Crippen MR) is 69.2 cm³/mol. The van der Waals surface area contributed by atoms with E-state index in [0.29, 0.717) is 0 Å². The molecule has 94 valence electrons. The van der Waals surface area contributed by atoms with Crippen LogP contribution in [-0.4, -0.2) is 31.3 Å². The van der Waals surface area contributed by atoms with E-state index in [-0.39, 0.29) is 6.04 Å². The smallest absolute Gasteiger partial charge is 0.128 e. The molecule has 1 aliphatic heterocycles. The lowest BCUT2D eigenvalue weighted by Gasteiger charge is -2.28. The molecule has 0 amide bonds. The molecule has 1 aliphatic rings. The van der Waals surface area contributed by atoms with E-state index in [1.165, 1.54) is 0 Å². The number of anilines is 1. The Bertz CT molecular complexity index is 375. The highest BCUT2D eigenvalue weighted by Gasteiger charge is 2.14. The molecule has 1 atom stereocenters. The van der Waals surface area contributed by atoms with Crippen molar-refractivity contribution in [1.82, 2.24) is 4.98 Å². The number of morpholine rings is 1. The van der Waals surface area contributed by atoms with Gasteiger partial charge in [-0.3, -0.25) is 0 Å². The summed E-state index contributed by atoms with van der Waals surface area (Å²) in [6, 6.07) is 4.28. The molecule has 1 fully saturated rings. The second-order valence-corrected chi connectivity index (χ2v) is 4.46. The summed E-state index contributed by atoms with van der Waals surface area (Å²) in [7, 11) is 0. The first-order valence-electron chi connectivity index (χ1n) is 6.28. The maximum Gasteiger partial charge on any atom is 0.128 e. The third-order valence-corrected chi connectivity index (χ3v) is 3.29. The first kappa shape index (κ1) is 12.3. The van der Waals surface area contributed by atoms with E-state index in [1.54, 1.807) is 0 Å². The van der Waals surface area contributed by atoms with Gasteiger partial charge < -0.3 is 15.4 Å². The Hall–Kier alpha value is -1.13. The molecule has 0 aliphatic carbocycles. The standard InChI is InChI=1S/C13H21N3O/c1-3-12(14)11-4-5-13(15-10(11)2)16-6-8-17-9-7-16/h4-5,12H,3,6-9,14H2,1-2H3/t12-/m0/s1. The number of pyridine rings is 1. The van der Waals surface area contributed by atoms with E-state index in [2.05, 4.69) is 28.9 Å². The summed E-state index contributed by atoms with van der Waals surface area (Å²) < 4.78 is 5.34. The molecule has 17 heavy (non-hydrogen) atoms. The molecule has 0 aromatic carbocycles. The van der Waals surface area contributed by atoms with Gasteiger partial charge in [0.05, 0.1) is 13.2 Å². The molecule has 1 aromatic heterocycles. The molecule has 2 rings (SSSR count). The van der Waals surface area contributed by atoms with E-state index in [0.717, 1.165) is 49.8 Å². The molecule has 2 heterocycles. The summed E-state index contributed by atoms with van der Waals surface area (Å²) in [6.07, 6.45) is 0.944. The van der Waals surface area contributed by atoms with Crippen molar-refractivity contribution in [2.45, 2.75) is 26.3 Å². The molecular weight excluding hydrogens is 214 g/mol. The second kappa shape index (κ2) is 5.47. The van der Waals surface area contributed by atoms with Crippen LogP contribution < -0.4 is 10.6 Å². The Balaban J connectivity index is 2.17. The topological polar surface area (TPSA) is 51.4 Å². The highest BCUT2D eigenvalue weighted by Crippen LogP contribution is 2.21. The zero-order valence-corrected chi connectivity index (χ0v) is 10.6. The summed E-state index contributed by atoms with van der Waals surface area (Å²) in [5, 5.41) is 0. The fourth-order valence-electron chi connectivity index (χ4n) is 2.14. The van der Waals surface area contributed by atoms with Gasteiger partial charge in [0.2, 0.25) is 0 Å². The Morgan fingerprint density at radius 1 is 1.41 bits per heavy atom. The number of hydrogen-bond acceptors (Lipinski definition) is 4. The highest BCUT2D eigenvalue weighted by molar-refractivity contribution is 5.42. The van der Waals surface area contributed by atoms with Crippen LogP contribution in [0, 0.1) is 6.92 Å². The Morgan fingerprint density at radius 3 is 2.71 bits per heavy atom. The van der Waals surface area contributed by atoms with E-state index in [4.69, 9.17) is 10.5 Å². The molecule has 2 N–H and O–H groups in total. The maximum atomic E-state index is 6.05. The van der Waals surface area contributed by atoms with Gasteiger partial charge in [-0.1, -0.05) is 13.0 Å². The summed E-state index contributed by atoms with van der Waals surface area (Å²) in [5.41, 5.74) is 8.25. The summed E-state index contributed by atoms with van der Waals surface area (Å²) in [6.45, 7) is 7.56. The maximum absolute atomic E-state index is 6.05. The average molecular weight is 235 g/mol. The van der Waals surface area contributed by atoms with Crippen LogP contribution in [0.25, 0.3) is 0 Å². The van der Waals surface area contributed by atoms with Gasteiger partial charge >= 0.3 is 0 Å². The highest BCUT2D eigenvalue weighted by atomic mass is 16.5. The fourth-order valence-corrected chi connectivity index (χ4v) is 2.14. The normalized spacial score (nSPS) is 18.2. The van der Waals surface area contributed by atoms with Crippen molar-refractivity contribution in [2.24, 2.45) is 5.73 Å². The fraction of sp³-hybridized carbons (Fsp3) is 0.615. The van der Waals surface area contributed by atoms with Crippen molar-refractivity contribution in [2.75, 3.05) is 31.2 Å². The minimum Gasteiger partial charge on any atom is -0.378 e. The van der Waals surface area contributed by atoms with E-state index >= 15 is 0 Å². The van der Waals surface area contributed by atoms with Crippen LogP contribution in [0.1, 0.15) is 30.6 Å². The quantitative estimate of drug-likeness (QED) is 0.865. The van der Waals surface area contributed by atoms with Gasteiger partial charge in [0.15, 0.2) is 0 Å². The molecule has 4 nitrogen and oxygen atoms in total. The molecule has 0 radical (unpaired) electrons. The van der Waals surface area contributed by atoms with Gasteiger partial charge in [0.25, 0.3) is 0 Å². The van der Waals surface area contributed by atoms with Crippen LogP contribution in [0.3, 0.4) is 0 Å². The third-order valence-electron chi connectivity index (χ3n) is 3.29. The number of rotatable bonds is 3. The van der Waals surface area contributed by atoms with Crippen LogP contribution in [0.2, 0.25) is 0 Å². The van der Waals surface area contributed by atoms with Crippen molar-refractivity contribution in [3.8, 4) is 0 Å². The van der Waals surface area contributed by atoms with Crippen LogP contribution in [0.4, 0.5) is 5.82 Å². The molecule has 0 bridgehead atoms. The molecule has 0 saturated carbocycles. The van der Waals surface area contributed by atoms with Crippen molar-refractivity contribution in [1.29, 1.82) is 0 Å². The number of ether oxygens (including phenoxy) is 1. The minimum absolute atomic E-state index is 0.0984. The molecular formula is C13H21N3O. The summed E-state index contributed by atoms with van der Waals surface area (Å²) in [5.74, 6) is 1.04. The molecule has 1 aromatic rings. The Morgan fingerprint density at radius 2 is 2.12 bits per heavy atom. The van der Waals surface area contributed by atoms with E-state index < -0.39 is 0 Å². The number of aromatic nitrogens is 1. The lowest BCUT2D eigenvalue weighted by molar-refractivity contribution is 0.122. The van der Waals surface area contributed by atoms with Gasteiger partial charge in [-0.05, 0) is 25.0 Å². The lowest BCUT2D eigenvalue weighted by Crippen LogP contribution is -2.36. The SMILES string of the molecule is CC[C@H](N)c1ccc(N2CCOCC2)nc1C. The third kappa shape index (κ3) is 2.76. The van der Waals surface area contributed by atoms with Gasteiger partial charge in [0, 0.05) is 24.8 Å². The number of nitrogens with two attached hydrogens (primary N) is 1. The Labute approximate surface area is 103 Å². The zero-order chi connectivity index (χ0) is 12.3. The summed E-state index contributed by atoms with van der Waals surface area (Å²) in [4.78, 5) is 6.92.